The smallest absolute Gasteiger partial charge is 0.224 e. The Morgan fingerprint density at radius 1 is 1.27 bits per heavy atom. The lowest BCUT2D eigenvalue weighted by molar-refractivity contribution is -0.117. The first kappa shape index (κ1) is 20.0. The molecule has 0 spiro atoms. The van der Waals surface area contributed by atoms with Crippen LogP contribution in [0.15, 0.2) is 46.9 Å². The van der Waals surface area contributed by atoms with E-state index in [1.807, 2.05) is 41.3 Å². The summed E-state index contributed by atoms with van der Waals surface area (Å²) in [5, 5.41) is 0. The van der Waals surface area contributed by atoms with Crippen LogP contribution in [0.5, 0.6) is 0 Å². The monoisotopic (exact) mass is 413 g/mol. The highest BCUT2D eigenvalue weighted by molar-refractivity contribution is 9.10. The Labute approximate surface area is 163 Å². The fraction of sp³-hybridized carbons (Fsp3) is 0.286. The van der Waals surface area contributed by atoms with Gasteiger partial charge in [0, 0.05) is 34.4 Å². The van der Waals surface area contributed by atoms with Crippen LogP contribution in [0.2, 0.25) is 0 Å². The molecule has 1 amide bonds. The zero-order chi connectivity index (χ0) is 19.1. The van der Waals surface area contributed by atoms with Gasteiger partial charge in [-0.3, -0.25) is 4.79 Å². The van der Waals surface area contributed by atoms with E-state index in [9.17, 15) is 4.79 Å². The molecule has 0 radical (unpaired) electrons. The summed E-state index contributed by atoms with van der Waals surface area (Å²) in [5.41, 5.74) is 14.7. The number of nitrogens with zero attached hydrogens (tertiary/aromatic N) is 1. The van der Waals surface area contributed by atoms with E-state index in [0.29, 0.717) is 12.6 Å². The van der Waals surface area contributed by atoms with Gasteiger partial charge in [-0.25, -0.2) is 0 Å². The molecule has 1 aliphatic heterocycles. The number of anilines is 2. The Hall–Kier alpha value is -2.29. The molecule has 5 heteroatoms. The predicted octanol–water partition coefficient (Wildman–Crippen LogP) is 3.72. The molecular formula is C21H24BrN3O. The van der Waals surface area contributed by atoms with Gasteiger partial charge in [-0.05, 0) is 67.8 Å². The van der Waals surface area contributed by atoms with Crippen LogP contribution in [-0.4, -0.2) is 18.5 Å². The molecule has 26 heavy (non-hydrogen) atoms. The first-order valence-electron chi connectivity index (χ1n) is 8.55. The van der Waals surface area contributed by atoms with Gasteiger partial charge in [0.1, 0.15) is 0 Å². The predicted molar refractivity (Wildman–Crippen MR) is 112 cm³/mol. The third-order valence-electron chi connectivity index (χ3n) is 4.16. The molecule has 0 bridgehead atoms. The van der Waals surface area contributed by atoms with Crippen molar-refractivity contribution in [1.82, 2.24) is 0 Å². The lowest BCUT2D eigenvalue weighted by atomic mass is 9.97. The van der Waals surface area contributed by atoms with Crippen LogP contribution in [0.4, 0.5) is 11.4 Å². The van der Waals surface area contributed by atoms with Crippen LogP contribution in [0, 0.1) is 11.8 Å². The minimum atomic E-state index is 0.130. The highest BCUT2D eigenvalue weighted by Gasteiger charge is 2.25. The summed E-state index contributed by atoms with van der Waals surface area (Å²) in [7, 11) is 0. The van der Waals surface area contributed by atoms with Gasteiger partial charge in [0.05, 0.1) is 6.54 Å². The van der Waals surface area contributed by atoms with Crippen LogP contribution in [-0.2, 0) is 11.2 Å². The first-order chi connectivity index (χ1) is 12.4. The summed E-state index contributed by atoms with van der Waals surface area (Å²) >= 11 is 3.46. The largest absolute Gasteiger partial charge is 0.399 e. The van der Waals surface area contributed by atoms with Gasteiger partial charge >= 0.3 is 0 Å². The molecule has 3 rings (SSSR count). The van der Waals surface area contributed by atoms with Gasteiger partial charge in [-0.2, -0.15) is 0 Å². The molecule has 0 saturated carbocycles. The minimum absolute atomic E-state index is 0.130. The molecule has 4 nitrogen and oxygen atoms in total. The van der Waals surface area contributed by atoms with Gasteiger partial charge in [-0.1, -0.05) is 27.8 Å². The first-order valence-corrected chi connectivity index (χ1v) is 9.34. The van der Waals surface area contributed by atoms with E-state index in [1.165, 1.54) is 5.56 Å². The summed E-state index contributed by atoms with van der Waals surface area (Å²) in [4.78, 5) is 13.5. The number of benzene rings is 2. The molecule has 0 aromatic heterocycles. The van der Waals surface area contributed by atoms with Crippen molar-refractivity contribution >= 4 is 33.2 Å². The fourth-order valence-electron chi connectivity index (χ4n) is 2.92. The fourth-order valence-corrected chi connectivity index (χ4v) is 3.33. The Balaban J connectivity index is 0.000000197. The number of nitrogen functional groups attached to an aromatic ring is 1. The highest BCUT2D eigenvalue weighted by atomic mass is 79.9. The summed E-state index contributed by atoms with van der Waals surface area (Å²) in [5.74, 6) is 5.79. The van der Waals surface area contributed by atoms with Crippen LogP contribution >= 0.6 is 15.9 Å². The number of hydrogen-bond donors (Lipinski definition) is 2. The van der Waals surface area contributed by atoms with Gasteiger partial charge in [-0.15, -0.1) is 0 Å². The van der Waals surface area contributed by atoms with E-state index < -0.39 is 0 Å². The summed E-state index contributed by atoms with van der Waals surface area (Å²) in [6, 6.07) is 13.8. The number of rotatable bonds is 0. The van der Waals surface area contributed by atoms with E-state index in [0.717, 1.165) is 34.3 Å². The van der Waals surface area contributed by atoms with Crippen molar-refractivity contribution in [3.63, 3.8) is 0 Å². The van der Waals surface area contributed by atoms with Crippen LogP contribution in [0.25, 0.3) is 0 Å². The van der Waals surface area contributed by atoms with E-state index in [1.54, 1.807) is 6.92 Å². The maximum Gasteiger partial charge on any atom is 0.224 e. The number of fused-ring (bicyclic) bond motifs is 1. The maximum atomic E-state index is 11.6. The molecule has 0 aliphatic carbocycles. The second-order valence-corrected chi connectivity index (χ2v) is 7.09. The normalized spacial score (nSPS) is 15.1. The van der Waals surface area contributed by atoms with Crippen molar-refractivity contribution in [2.45, 2.75) is 32.7 Å². The number of halogens is 1. The SMILES string of the molecule is CC(=O)N1c2ccc(Br)cc2CC[C@@H]1C.NCC#Cc1ccc(N)cc1. The number of hydrogen-bond acceptors (Lipinski definition) is 3. The van der Waals surface area contributed by atoms with Crippen molar-refractivity contribution in [2.24, 2.45) is 5.73 Å². The summed E-state index contributed by atoms with van der Waals surface area (Å²) < 4.78 is 1.08. The van der Waals surface area contributed by atoms with Crippen molar-refractivity contribution in [2.75, 3.05) is 17.2 Å². The zero-order valence-corrected chi connectivity index (χ0v) is 16.7. The second-order valence-electron chi connectivity index (χ2n) is 6.18. The molecule has 136 valence electrons. The Kier molecular flexibility index (Phi) is 7.26. The van der Waals surface area contributed by atoms with E-state index >= 15 is 0 Å². The topological polar surface area (TPSA) is 72.3 Å². The third kappa shape index (κ3) is 5.35. The molecule has 1 atom stereocenters. The molecule has 2 aromatic rings. The van der Waals surface area contributed by atoms with Crippen LogP contribution in [0.1, 0.15) is 31.4 Å². The second kappa shape index (κ2) is 9.42. The number of nitrogens with two attached hydrogens (primary N) is 2. The molecule has 2 aromatic carbocycles. The summed E-state index contributed by atoms with van der Waals surface area (Å²) in [6.07, 6.45) is 2.10. The van der Waals surface area contributed by atoms with Crippen molar-refractivity contribution in [3.05, 3.63) is 58.1 Å². The van der Waals surface area contributed by atoms with E-state index in [2.05, 4.69) is 40.8 Å². The van der Waals surface area contributed by atoms with Gasteiger partial charge in [0.25, 0.3) is 0 Å². The van der Waals surface area contributed by atoms with Gasteiger partial charge < -0.3 is 16.4 Å². The minimum Gasteiger partial charge on any atom is -0.399 e. The molecule has 0 saturated heterocycles. The van der Waals surface area contributed by atoms with E-state index in [-0.39, 0.29) is 5.91 Å². The quantitative estimate of drug-likeness (QED) is 0.510. The molecule has 0 fully saturated rings. The average molecular weight is 414 g/mol. The Morgan fingerprint density at radius 2 is 1.96 bits per heavy atom. The molecule has 1 aliphatic rings. The molecule has 0 unspecified atom stereocenters. The van der Waals surface area contributed by atoms with Crippen molar-refractivity contribution < 1.29 is 4.79 Å². The van der Waals surface area contributed by atoms with Gasteiger partial charge in [0.15, 0.2) is 0 Å². The lowest BCUT2D eigenvalue weighted by Gasteiger charge is -2.34. The highest BCUT2D eigenvalue weighted by Crippen LogP contribution is 2.32. The maximum absolute atomic E-state index is 11.6. The number of aryl methyl sites for hydroxylation is 1. The molecular weight excluding hydrogens is 390 g/mol. The molecule has 4 N–H and O–H groups in total. The van der Waals surface area contributed by atoms with Gasteiger partial charge in [0.2, 0.25) is 5.91 Å². The van der Waals surface area contributed by atoms with Crippen LogP contribution < -0.4 is 16.4 Å². The number of carbonyl (C=O) groups excluding carboxylic acids is 1. The zero-order valence-electron chi connectivity index (χ0n) is 15.1. The molecule has 1 heterocycles. The standard InChI is InChI=1S/C12H14BrNO.C9H10N2/c1-8-3-4-10-7-11(13)5-6-12(10)14(8)9(2)15;10-7-1-2-8-3-5-9(11)6-4-8/h5-8H,3-4H2,1-2H3;3-6H,7,10-11H2/t8-;/m0./s1. The van der Waals surface area contributed by atoms with Crippen molar-refractivity contribution in [3.8, 4) is 11.8 Å². The van der Waals surface area contributed by atoms with E-state index in [4.69, 9.17) is 11.5 Å². The lowest BCUT2D eigenvalue weighted by Crippen LogP contribution is -2.40. The number of amides is 1. The Morgan fingerprint density at radius 3 is 2.58 bits per heavy atom. The Bertz CT molecular complexity index is 821. The third-order valence-corrected chi connectivity index (χ3v) is 4.65. The summed E-state index contributed by atoms with van der Waals surface area (Å²) in [6.45, 7) is 4.13. The number of carbonyl (C=O) groups is 1. The average Bonchev–Trinajstić information content (AvgIpc) is 2.61. The van der Waals surface area contributed by atoms with Crippen LogP contribution in [0.3, 0.4) is 0 Å². The van der Waals surface area contributed by atoms with Crippen molar-refractivity contribution in [1.29, 1.82) is 0 Å².